The molecule has 114 valence electrons. The molecule has 5 rings (SSSR count). The SMILES string of the molecule is CCOc1oc(C2C3CC4CC(C3)CC2C4)nc1C(=O)O. The summed E-state index contributed by atoms with van der Waals surface area (Å²) in [6.07, 6.45) is 6.42. The molecule has 1 N–H and O–H groups in total. The van der Waals surface area contributed by atoms with Crippen LogP contribution >= 0.6 is 0 Å². The van der Waals surface area contributed by atoms with Gasteiger partial charge in [-0.2, -0.15) is 0 Å². The van der Waals surface area contributed by atoms with Gasteiger partial charge in [-0.3, -0.25) is 0 Å². The second-order valence-electron chi connectivity index (χ2n) is 6.88. The summed E-state index contributed by atoms with van der Waals surface area (Å²) in [4.78, 5) is 15.6. The van der Waals surface area contributed by atoms with Crippen molar-refractivity contribution < 1.29 is 19.1 Å². The zero-order chi connectivity index (χ0) is 14.6. The summed E-state index contributed by atoms with van der Waals surface area (Å²) >= 11 is 0. The lowest BCUT2D eigenvalue weighted by atomic mass is 9.52. The monoisotopic (exact) mass is 291 g/mol. The third-order valence-electron chi connectivity index (χ3n) is 5.60. The molecule has 0 amide bonds. The third kappa shape index (κ3) is 2.05. The minimum atomic E-state index is -1.07. The summed E-state index contributed by atoms with van der Waals surface area (Å²) in [5.41, 5.74) is -0.0688. The molecule has 21 heavy (non-hydrogen) atoms. The number of oxazole rings is 1. The number of aromatic nitrogens is 1. The summed E-state index contributed by atoms with van der Waals surface area (Å²) in [5.74, 6) is 2.90. The molecule has 0 aliphatic heterocycles. The first kappa shape index (κ1) is 13.2. The lowest BCUT2D eigenvalue weighted by molar-refractivity contribution is -0.0123. The van der Waals surface area contributed by atoms with E-state index in [1.165, 1.54) is 32.1 Å². The predicted molar refractivity (Wildman–Crippen MR) is 74.4 cm³/mol. The maximum absolute atomic E-state index is 11.3. The van der Waals surface area contributed by atoms with E-state index in [0.29, 0.717) is 30.3 Å². The maximum atomic E-state index is 11.3. The van der Waals surface area contributed by atoms with E-state index in [0.717, 1.165) is 11.8 Å². The van der Waals surface area contributed by atoms with Gasteiger partial charge in [-0.1, -0.05) is 0 Å². The average molecular weight is 291 g/mol. The quantitative estimate of drug-likeness (QED) is 0.921. The van der Waals surface area contributed by atoms with Crippen LogP contribution in [0.5, 0.6) is 5.95 Å². The molecule has 1 heterocycles. The van der Waals surface area contributed by atoms with Crippen molar-refractivity contribution in [3.8, 4) is 5.95 Å². The molecule has 0 aromatic carbocycles. The summed E-state index contributed by atoms with van der Waals surface area (Å²) in [7, 11) is 0. The Morgan fingerprint density at radius 2 is 1.86 bits per heavy atom. The molecule has 5 heteroatoms. The van der Waals surface area contributed by atoms with E-state index in [9.17, 15) is 9.90 Å². The van der Waals surface area contributed by atoms with Crippen LogP contribution in [0.3, 0.4) is 0 Å². The van der Waals surface area contributed by atoms with Gasteiger partial charge in [0.15, 0.2) is 0 Å². The number of carboxylic acid groups (broad SMARTS) is 1. The molecule has 0 saturated heterocycles. The number of rotatable bonds is 4. The molecule has 5 nitrogen and oxygen atoms in total. The third-order valence-corrected chi connectivity index (χ3v) is 5.60. The fourth-order valence-corrected chi connectivity index (χ4v) is 5.16. The van der Waals surface area contributed by atoms with Gasteiger partial charge in [0.05, 0.1) is 6.61 Å². The van der Waals surface area contributed by atoms with Crippen LogP contribution in [-0.2, 0) is 0 Å². The van der Waals surface area contributed by atoms with Gasteiger partial charge in [-0.25, -0.2) is 9.78 Å². The van der Waals surface area contributed by atoms with E-state index in [-0.39, 0.29) is 11.6 Å². The Bertz CT molecular complexity index is 537. The Morgan fingerprint density at radius 1 is 1.24 bits per heavy atom. The molecule has 4 saturated carbocycles. The van der Waals surface area contributed by atoms with Gasteiger partial charge in [-0.05, 0) is 62.7 Å². The van der Waals surface area contributed by atoms with Crippen LogP contribution < -0.4 is 4.74 Å². The van der Waals surface area contributed by atoms with Crippen molar-refractivity contribution in [3.63, 3.8) is 0 Å². The van der Waals surface area contributed by atoms with Crippen LogP contribution in [0.4, 0.5) is 0 Å². The summed E-state index contributed by atoms with van der Waals surface area (Å²) in [6.45, 7) is 2.20. The lowest BCUT2D eigenvalue weighted by Gasteiger charge is -2.53. The smallest absolute Gasteiger partial charge is 0.362 e. The zero-order valence-electron chi connectivity index (χ0n) is 12.2. The van der Waals surface area contributed by atoms with E-state index in [1.807, 2.05) is 6.92 Å². The Hall–Kier alpha value is -1.52. The molecule has 4 fully saturated rings. The molecule has 0 unspecified atom stereocenters. The summed E-state index contributed by atoms with van der Waals surface area (Å²) < 4.78 is 11.0. The van der Waals surface area contributed by atoms with E-state index in [4.69, 9.17) is 9.15 Å². The van der Waals surface area contributed by atoms with E-state index in [1.54, 1.807) is 0 Å². The van der Waals surface area contributed by atoms with Crippen molar-refractivity contribution in [1.82, 2.24) is 4.98 Å². The van der Waals surface area contributed by atoms with Crippen molar-refractivity contribution >= 4 is 5.97 Å². The van der Waals surface area contributed by atoms with Crippen LogP contribution in [0.25, 0.3) is 0 Å². The largest absolute Gasteiger partial charge is 0.476 e. The van der Waals surface area contributed by atoms with E-state index >= 15 is 0 Å². The first-order chi connectivity index (χ1) is 10.2. The minimum absolute atomic E-state index is 0.0688. The number of carboxylic acids is 1. The highest BCUT2D eigenvalue weighted by Crippen LogP contribution is 2.59. The standard InChI is InChI=1S/C16H21NO4/c1-2-20-16-13(15(18)19)17-14(21-16)12-10-4-8-3-9(6-10)7-11(12)5-8/h8-12H,2-7H2,1H3,(H,18,19). The van der Waals surface area contributed by atoms with Crippen LogP contribution in [0.2, 0.25) is 0 Å². The first-order valence-electron chi connectivity index (χ1n) is 8.02. The topological polar surface area (TPSA) is 72.6 Å². The van der Waals surface area contributed by atoms with Gasteiger partial charge >= 0.3 is 11.9 Å². The van der Waals surface area contributed by atoms with Gasteiger partial charge in [-0.15, -0.1) is 0 Å². The highest BCUT2D eigenvalue weighted by atomic mass is 16.6. The fourth-order valence-electron chi connectivity index (χ4n) is 5.16. The van der Waals surface area contributed by atoms with Crippen LogP contribution in [0, 0.1) is 23.7 Å². The van der Waals surface area contributed by atoms with Crippen molar-refractivity contribution in [2.75, 3.05) is 6.61 Å². The van der Waals surface area contributed by atoms with Crippen LogP contribution in [0.15, 0.2) is 4.42 Å². The first-order valence-corrected chi connectivity index (χ1v) is 8.02. The molecule has 0 spiro atoms. The van der Waals surface area contributed by atoms with Gasteiger partial charge in [0.25, 0.3) is 0 Å². The molecule has 4 aliphatic rings. The van der Waals surface area contributed by atoms with Gasteiger partial charge in [0.1, 0.15) is 0 Å². The van der Waals surface area contributed by atoms with E-state index in [2.05, 4.69) is 4.98 Å². The zero-order valence-corrected chi connectivity index (χ0v) is 12.2. The minimum Gasteiger partial charge on any atom is -0.476 e. The molecule has 4 bridgehead atoms. The van der Waals surface area contributed by atoms with Crippen molar-refractivity contribution in [2.24, 2.45) is 23.7 Å². The number of ether oxygens (including phenoxy) is 1. The maximum Gasteiger partial charge on any atom is 0.362 e. The number of hydrogen-bond donors (Lipinski definition) is 1. The van der Waals surface area contributed by atoms with Gasteiger partial charge < -0.3 is 14.3 Å². The molecule has 0 radical (unpaired) electrons. The second kappa shape index (κ2) is 4.75. The molecule has 1 aromatic heterocycles. The van der Waals surface area contributed by atoms with Crippen molar-refractivity contribution in [3.05, 3.63) is 11.6 Å². The highest BCUT2D eigenvalue weighted by molar-refractivity contribution is 5.87. The normalized spacial score (nSPS) is 36.9. The Labute approximate surface area is 123 Å². The Balaban J connectivity index is 1.67. The number of hydrogen-bond acceptors (Lipinski definition) is 4. The lowest BCUT2D eigenvalue weighted by Crippen LogP contribution is -2.43. The highest BCUT2D eigenvalue weighted by Gasteiger charge is 2.50. The van der Waals surface area contributed by atoms with Gasteiger partial charge in [0.2, 0.25) is 11.6 Å². The number of carbonyl (C=O) groups is 1. The molecular weight excluding hydrogens is 270 g/mol. The van der Waals surface area contributed by atoms with E-state index < -0.39 is 5.97 Å². The fraction of sp³-hybridized carbons (Fsp3) is 0.750. The summed E-state index contributed by atoms with van der Waals surface area (Å²) in [5, 5.41) is 9.25. The Kier molecular flexibility index (Phi) is 2.98. The van der Waals surface area contributed by atoms with Crippen molar-refractivity contribution in [2.45, 2.75) is 44.9 Å². The Morgan fingerprint density at radius 3 is 2.38 bits per heavy atom. The molecule has 4 aliphatic carbocycles. The second-order valence-corrected chi connectivity index (χ2v) is 6.88. The van der Waals surface area contributed by atoms with Crippen LogP contribution in [0.1, 0.15) is 61.3 Å². The number of nitrogens with zero attached hydrogens (tertiary/aromatic N) is 1. The number of aromatic carboxylic acids is 1. The molecule has 0 atom stereocenters. The molecular formula is C16H21NO4. The van der Waals surface area contributed by atoms with Crippen molar-refractivity contribution in [1.29, 1.82) is 0 Å². The van der Waals surface area contributed by atoms with Crippen LogP contribution in [-0.4, -0.2) is 22.7 Å². The molecule has 1 aromatic rings. The van der Waals surface area contributed by atoms with Gasteiger partial charge in [0, 0.05) is 5.92 Å². The summed E-state index contributed by atoms with van der Waals surface area (Å²) in [6, 6.07) is 0. The predicted octanol–water partition coefficient (Wildman–Crippen LogP) is 3.31. The average Bonchev–Trinajstić information content (AvgIpc) is 2.82.